The molecule has 0 atom stereocenters. The van der Waals surface area contributed by atoms with Gasteiger partial charge in [0.05, 0.1) is 6.61 Å². The highest BCUT2D eigenvalue weighted by molar-refractivity contribution is 6.05. The van der Waals surface area contributed by atoms with Gasteiger partial charge in [-0.15, -0.1) is 0 Å². The molecule has 0 saturated heterocycles. The van der Waals surface area contributed by atoms with Crippen molar-refractivity contribution in [1.82, 2.24) is 4.98 Å². The van der Waals surface area contributed by atoms with E-state index in [9.17, 15) is 9.59 Å². The van der Waals surface area contributed by atoms with Gasteiger partial charge in [0.1, 0.15) is 6.42 Å². The second-order valence-corrected chi connectivity index (χ2v) is 3.16. The molecule has 0 radical (unpaired) electrons. The summed E-state index contributed by atoms with van der Waals surface area (Å²) in [6.07, 6.45) is 2.88. The van der Waals surface area contributed by atoms with E-state index in [0.29, 0.717) is 5.56 Å². The molecule has 4 heteroatoms. The summed E-state index contributed by atoms with van der Waals surface area (Å²) in [4.78, 5) is 26.5. The minimum Gasteiger partial charge on any atom is -0.466 e. The Balaban J connectivity index is 2.65. The molecule has 1 rings (SSSR count). The van der Waals surface area contributed by atoms with Gasteiger partial charge in [-0.25, -0.2) is 0 Å². The lowest BCUT2D eigenvalue weighted by Gasteiger charge is -2.01. The number of ketones is 1. The first kappa shape index (κ1) is 11.4. The summed E-state index contributed by atoms with van der Waals surface area (Å²) >= 11 is 0. The number of nitrogens with zero attached hydrogens (tertiary/aromatic N) is 1. The molecule has 1 aromatic rings. The Hall–Kier alpha value is -1.71. The van der Waals surface area contributed by atoms with Crippen molar-refractivity contribution in [2.75, 3.05) is 6.61 Å². The van der Waals surface area contributed by atoms with Crippen LogP contribution in [0.3, 0.4) is 0 Å². The lowest BCUT2D eigenvalue weighted by molar-refractivity contribution is -0.141. The van der Waals surface area contributed by atoms with Gasteiger partial charge in [0.2, 0.25) is 0 Å². The second-order valence-electron chi connectivity index (χ2n) is 3.16. The van der Waals surface area contributed by atoms with Gasteiger partial charge >= 0.3 is 5.97 Å². The minimum absolute atomic E-state index is 0.223. The average Bonchev–Trinajstić information content (AvgIpc) is 2.18. The van der Waals surface area contributed by atoms with Crippen molar-refractivity contribution in [2.45, 2.75) is 20.3 Å². The third-order valence-electron chi connectivity index (χ3n) is 1.81. The topological polar surface area (TPSA) is 56.3 Å². The third-order valence-corrected chi connectivity index (χ3v) is 1.81. The Kier molecular flexibility index (Phi) is 3.97. The molecule has 4 nitrogen and oxygen atoms in total. The molecule has 0 unspecified atom stereocenters. The molecule has 0 spiro atoms. The molecule has 0 aromatic carbocycles. The molecule has 0 bridgehead atoms. The van der Waals surface area contributed by atoms with Crippen LogP contribution < -0.4 is 0 Å². The molecule has 0 aliphatic rings. The fourth-order valence-corrected chi connectivity index (χ4v) is 1.15. The Morgan fingerprint density at radius 1 is 1.40 bits per heavy atom. The van der Waals surface area contributed by atoms with Gasteiger partial charge in [-0.2, -0.15) is 0 Å². The Morgan fingerprint density at radius 3 is 2.73 bits per heavy atom. The van der Waals surface area contributed by atoms with Gasteiger partial charge in [-0.1, -0.05) is 0 Å². The number of esters is 1. The predicted octanol–water partition coefficient (Wildman–Crippen LogP) is 1.53. The minimum atomic E-state index is -0.496. The molecule has 0 aliphatic heterocycles. The van der Waals surface area contributed by atoms with Gasteiger partial charge < -0.3 is 4.74 Å². The Bertz CT molecular complexity index is 374. The van der Waals surface area contributed by atoms with E-state index in [2.05, 4.69) is 9.72 Å². The van der Waals surface area contributed by atoms with E-state index in [1.165, 1.54) is 6.20 Å². The van der Waals surface area contributed by atoms with E-state index < -0.39 is 5.97 Å². The van der Waals surface area contributed by atoms with E-state index in [1.807, 2.05) is 6.92 Å². The van der Waals surface area contributed by atoms with Gasteiger partial charge in [0, 0.05) is 18.0 Å². The molecular formula is C11H13NO3. The molecule has 1 aromatic heterocycles. The quantitative estimate of drug-likeness (QED) is 0.427. The number of rotatable bonds is 4. The van der Waals surface area contributed by atoms with Crippen LogP contribution in [0.1, 0.15) is 29.3 Å². The molecule has 0 N–H and O–H groups in total. The summed E-state index contributed by atoms with van der Waals surface area (Å²) in [7, 11) is 0. The van der Waals surface area contributed by atoms with Crippen LogP contribution in [0.25, 0.3) is 0 Å². The molecule has 0 aliphatic carbocycles. The predicted molar refractivity (Wildman–Crippen MR) is 54.6 cm³/mol. The first-order chi connectivity index (χ1) is 7.13. The van der Waals surface area contributed by atoms with E-state index >= 15 is 0 Å². The summed E-state index contributed by atoms with van der Waals surface area (Å²) in [6, 6.07) is 1.70. The molecule has 0 fully saturated rings. The summed E-state index contributed by atoms with van der Waals surface area (Å²) in [6.45, 7) is 3.84. The van der Waals surface area contributed by atoms with E-state index in [4.69, 9.17) is 0 Å². The van der Waals surface area contributed by atoms with Crippen molar-refractivity contribution >= 4 is 11.8 Å². The molecule has 80 valence electrons. The molecular weight excluding hydrogens is 194 g/mol. The van der Waals surface area contributed by atoms with Gasteiger partial charge in [-0.05, 0) is 25.5 Å². The summed E-state index contributed by atoms with van der Waals surface area (Å²) in [5.41, 5.74) is 1.34. The van der Waals surface area contributed by atoms with Crippen molar-refractivity contribution in [3.8, 4) is 0 Å². The zero-order valence-corrected chi connectivity index (χ0v) is 8.82. The van der Waals surface area contributed by atoms with Gasteiger partial charge in [0.15, 0.2) is 5.78 Å². The zero-order chi connectivity index (χ0) is 11.3. The lowest BCUT2D eigenvalue weighted by Crippen LogP contribution is -2.11. The van der Waals surface area contributed by atoms with Crippen LogP contribution in [0.2, 0.25) is 0 Å². The highest BCUT2D eigenvalue weighted by atomic mass is 16.5. The van der Waals surface area contributed by atoms with E-state index in [1.54, 1.807) is 19.2 Å². The monoisotopic (exact) mass is 207 g/mol. The summed E-state index contributed by atoms with van der Waals surface area (Å²) in [5.74, 6) is -0.756. The largest absolute Gasteiger partial charge is 0.466 e. The van der Waals surface area contributed by atoms with Crippen LogP contribution in [-0.2, 0) is 9.53 Å². The number of ether oxygens (including phenoxy) is 1. The number of carbonyl (C=O) groups excluding carboxylic acids is 2. The van der Waals surface area contributed by atoms with Crippen molar-refractivity contribution in [2.24, 2.45) is 0 Å². The van der Waals surface area contributed by atoms with Gasteiger partial charge in [0.25, 0.3) is 0 Å². The van der Waals surface area contributed by atoms with Gasteiger partial charge in [-0.3, -0.25) is 14.6 Å². The maximum atomic E-state index is 11.5. The van der Waals surface area contributed by atoms with Crippen molar-refractivity contribution in [3.05, 3.63) is 29.6 Å². The van der Waals surface area contributed by atoms with Crippen molar-refractivity contribution in [1.29, 1.82) is 0 Å². The Morgan fingerprint density at radius 2 is 2.13 bits per heavy atom. The molecule has 15 heavy (non-hydrogen) atoms. The fourth-order valence-electron chi connectivity index (χ4n) is 1.15. The van der Waals surface area contributed by atoms with E-state index in [0.717, 1.165) is 5.56 Å². The first-order valence-corrected chi connectivity index (χ1v) is 4.74. The zero-order valence-electron chi connectivity index (χ0n) is 8.82. The maximum Gasteiger partial charge on any atom is 0.313 e. The number of hydrogen-bond donors (Lipinski definition) is 0. The number of aryl methyl sites for hydroxylation is 1. The second kappa shape index (κ2) is 5.24. The summed E-state index contributed by atoms with van der Waals surface area (Å²) < 4.78 is 4.68. The third kappa shape index (κ3) is 3.50. The van der Waals surface area contributed by atoms with Crippen molar-refractivity contribution < 1.29 is 14.3 Å². The number of carbonyl (C=O) groups is 2. The van der Waals surface area contributed by atoms with Crippen LogP contribution in [0, 0.1) is 6.92 Å². The number of hydrogen-bond acceptors (Lipinski definition) is 4. The average molecular weight is 207 g/mol. The van der Waals surface area contributed by atoms with Crippen LogP contribution in [0.4, 0.5) is 0 Å². The number of aromatic nitrogens is 1. The smallest absolute Gasteiger partial charge is 0.313 e. The van der Waals surface area contributed by atoms with Crippen molar-refractivity contribution in [3.63, 3.8) is 0 Å². The maximum absolute atomic E-state index is 11.5. The lowest BCUT2D eigenvalue weighted by atomic mass is 10.1. The number of Topliss-reactive ketones (excluding diaryl/α,β-unsaturated/α-hetero) is 1. The number of pyridine rings is 1. The summed E-state index contributed by atoms with van der Waals surface area (Å²) in [5, 5.41) is 0. The highest BCUT2D eigenvalue weighted by Crippen LogP contribution is 2.05. The molecule has 1 heterocycles. The van der Waals surface area contributed by atoms with Crippen LogP contribution in [0.5, 0.6) is 0 Å². The van der Waals surface area contributed by atoms with Crippen LogP contribution >= 0.6 is 0 Å². The normalized spacial score (nSPS) is 9.73. The van der Waals surface area contributed by atoms with Crippen LogP contribution in [-0.4, -0.2) is 23.3 Å². The SMILES string of the molecule is CCOC(=O)CC(=O)c1cncc(C)c1. The van der Waals surface area contributed by atoms with Crippen LogP contribution in [0.15, 0.2) is 18.5 Å². The fraction of sp³-hybridized carbons (Fsp3) is 0.364. The van der Waals surface area contributed by atoms with E-state index in [-0.39, 0.29) is 18.8 Å². The Labute approximate surface area is 88.3 Å². The standard InChI is InChI=1S/C11H13NO3/c1-3-15-11(14)5-10(13)9-4-8(2)6-12-7-9/h4,6-7H,3,5H2,1-2H3. The molecule has 0 amide bonds. The molecule has 0 saturated carbocycles. The highest BCUT2D eigenvalue weighted by Gasteiger charge is 2.12. The first-order valence-electron chi connectivity index (χ1n) is 4.74.